The van der Waals surface area contributed by atoms with Crippen molar-refractivity contribution in [2.45, 2.75) is 44.6 Å². The molecule has 2 aromatic rings. The number of ether oxygens (including phenoxy) is 2. The fourth-order valence-corrected chi connectivity index (χ4v) is 5.67. The van der Waals surface area contributed by atoms with Gasteiger partial charge in [-0.25, -0.2) is 0 Å². The summed E-state index contributed by atoms with van der Waals surface area (Å²) in [4.78, 5) is 21.3. The van der Waals surface area contributed by atoms with Crippen LogP contribution in [-0.2, 0) is 16.1 Å². The number of carbonyl (C=O) groups is 1. The lowest BCUT2D eigenvalue weighted by Gasteiger charge is -2.36. The molecule has 1 aliphatic heterocycles. The normalized spacial score (nSPS) is 21.7. The van der Waals surface area contributed by atoms with Crippen LogP contribution in [0.5, 0.6) is 5.75 Å². The van der Waals surface area contributed by atoms with Gasteiger partial charge in [0.25, 0.3) is 0 Å². The number of hydrogen-bond acceptors (Lipinski definition) is 5. The standard InChI is InChI=1S/C34H36F3N4O3/c35-34(36,37)32-20-28(9-8-27(32)21-38)39-22-25-6-12-30(13-7-25)44-24-33(42)41-18-16-40(17-19-41)29-10-14-31(15-11-29)43-23-26-4-2-1-3-5-26/h1-5,8-11,14-15,20,25,30H,6-7,12-13,16-19,22-24H2/q-1. The summed E-state index contributed by atoms with van der Waals surface area (Å²) in [5.41, 5.74) is 1.09. The topological polar surface area (TPSA) is 76.7 Å². The van der Waals surface area contributed by atoms with Crippen LogP contribution in [0.15, 0.2) is 89.0 Å². The maximum Gasteiger partial charge on any atom is 0.417 e. The molecule has 10 heteroatoms. The Bertz CT molecular complexity index is 1410. The first-order chi connectivity index (χ1) is 21.3. The SMILES string of the molecule is [N-]=C=C1C=CC(=NCC2CCC(OCC(=O)N3CCN(c4ccc(OCc5ccccc5)cc4)CC3)CC2)C=C1C(F)(F)F. The number of hydrogen-bond donors (Lipinski definition) is 0. The monoisotopic (exact) mass is 605 g/mol. The number of amides is 1. The zero-order valence-corrected chi connectivity index (χ0v) is 24.5. The summed E-state index contributed by atoms with van der Waals surface area (Å²) in [6.45, 7) is 3.75. The summed E-state index contributed by atoms with van der Waals surface area (Å²) in [5.74, 6) is 2.64. The average Bonchev–Trinajstić information content (AvgIpc) is 3.06. The summed E-state index contributed by atoms with van der Waals surface area (Å²) >= 11 is 0. The first-order valence-corrected chi connectivity index (χ1v) is 15.0. The molecule has 0 spiro atoms. The summed E-state index contributed by atoms with van der Waals surface area (Å²) in [7, 11) is 0. The van der Waals surface area contributed by atoms with Crippen molar-refractivity contribution in [2.24, 2.45) is 10.9 Å². The van der Waals surface area contributed by atoms with Crippen LogP contribution >= 0.6 is 0 Å². The van der Waals surface area contributed by atoms with Crippen LogP contribution in [0.25, 0.3) is 5.41 Å². The van der Waals surface area contributed by atoms with Gasteiger partial charge in [-0.2, -0.15) is 13.2 Å². The molecule has 1 saturated carbocycles. The van der Waals surface area contributed by atoms with Crippen LogP contribution in [-0.4, -0.2) is 74.0 Å². The van der Waals surface area contributed by atoms with Crippen LogP contribution in [0, 0.1) is 5.92 Å². The summed E-state index contributed by atoms with van der Waals surface area (Å²) in [6, 6.07) is 18.1. The van der Waals surface area contributed by atoms with E-state index < -0.39 is 17.3 Å². The van der Waals surface area contributed by atoms with Gasteiger partial charge in [0, 0.05) is 44.0 Å². The molecular formula is C34H36F3N4O3-. The molecule has 0 atom stereocenters. The van der Waals surface area contributed by atoms with Crippen molar-refractivity contribution in [1.29, 1.82) is 0 Å². The van der Waals surface area contributed by atoms with E-state index in [0.29, 0.717) is 26.2 Å². The highest BCUT2D eigenvalue weighted by molar-refractivity contribution is 6.08. The van der Waals surface area contributed by atoms with Gasteiger partial charge in [0.1, 0.15) is 19.0 Å². The van der Waals surface area contributed by atoms with E-state index in [1.807, 2.05) is 47.4 Å². The minimum atomic E-state index is -4.60. The number of rotatable bonds is 9. The van der Waals surface area contributed by atoms with Crippen LogP contribution < -0.4 is 9.64 Å². The molecule has 44 heavy (non-hydrogen) atoms. The molecule has 0 unspecified atom stereocenters. The Morgan fingerprint density at radius 1 is 0.955 bits per heavy atom. The third kappa shape index (κ3) is 8.49. The Morgan fingerprint density at radius 3 is 2.32 bits per heavy atom. The van der Waals surface area contributed by atoms with Gasteiger partial charge in [-0.05, 0) is 79.7 Å². The second-order valence-corrected chi connectivity index (χ2v) is 11.3. The minimum Gasteiger partial charge on any atom is -0.763 e. The molecule has 2 aromatic carbocycles. The molecule has 232 valence electrons. The minimum absolute atomic E-state index is 0.00674. The first-order valence-electron chi connectivity index (χ1n) is 15.0. The highest BCUT2D eigenvalue weighted by Gasteiger charge is 2.36. The van der Waals surface area contributed by atoms with E-state index in [0.717, 1.165) is 61.8 Å². The first kappa shape index (κ1) is 31.3. The maximum atomic E-state index is 13.2. The van der Waals surface area contributed by atoms with E-state index in [1.54, 1.807) is 5.87 Å². The molecule has 0 aromatic heterocycles. The zero-order valence-electron chi connectivity index (χ0n) is 24.5. The van der Waals surface area contributed by atoms with Crippen molar-refractivity contribution in [3.8, 4) is 5.75 Å². The number of alkyl halides is 3. The number of allylic oxidation sites excluding steroid dienone is 5. The van der Waals surface area contributed by atoms with Gasteiger partial charge >= 0.3 is 6.18 Å². The molecule has 0 bridgehead atoms. The lowest BCUT2D eigenvalue weighted by atomic mass is 9.87. The third-order valence-corrected chi connectivity index (χ3v) is 8.28. The van der Waals surface area contributed by atoms with Crippen molar-refractivity contribution in [3.05, 3.63) is 94.9 Å². The van der Waals surface area contributed by atoms with E-state index in [-0.39, 0.29) is 30.2 Å². The molecule has 1 heterocycles. The Kier molecular flexibility index (Phi) is 10.4. The number of nitrogens with zero attached hydrogens (tertiary/aromatic N) is 4. The second kappa shape index (κ2) is 14.6. The number of carbonyl (C=O) groups excluding carboxylic acids is 1. The molecule has 2 fully saturated rings. The molecule has 5 rings (SSSR count). The molecule has 0 radical (unpaired) electrons. The van der Waals surface area contributed by atoms with E-state index in [2.05, 4.69) is 22.0 Å². The van der Waals surface area contributed by atoms with Gasteiger partial charge in [0.2, 0.25) is 5.91 Å². The molecule has 7 nitrogen and oxygen atoms in total. The fourth-order valence-electron chi connectivity index (χ4n) is 5.67. The van der Waals surface area contributed by atoms with Crippen molar-refractivity contribution in [2.75, 3.05) is 44.2 Å². The van der Waals surface area contributed by atoms with E-state index >= 15 is 0 Å². The van der Waals surface area contributed by atoms with E-state index in [9.17, 15) is 18.0 Å². The number of benzene rings is 2. The van der Waals surface area contributed by atoms with Crippen LogP contribution in [0.4, 0.5) is 18.9 Å². The van der Waals surface area contributed by atoms with Crippen LogP contribution in [0.3, 0.4) is 0 Å². The summed E-state index contributed by atoms with van der Waals surface area (Å²) in [5, 5.41) is 8.96. The van der Waals surface area contributed by atoms with Crippen molar-refractivity contribution in [1.82, 2.24) is 4.90 Å². The smallest absolute Gasteiger partial charge is 0.417 e. The lowest BCUT2D eigenvalue weighted by Crippen LogP contribution is -2.50. The number of aliphatic imine (C=N–C) groups is 1. The second-order valence-electron chi connectivity index (χ2n) is 11.3. The van der Waals surface area contributed by atoms with Gasteiger partial charge in [-0.1, -0.05) is 30.3 Å². The molecule has 1 amide bonds. The largest absolute Gasteiger partial charge is 0.763 e. The number of halogens is 3. The number of piperazine rings is 1. The lowest BCUT2D eigenvalue weighted by molar-refractivity contribution is -0.139. The molecule has 2 aliphatic carbocycles. The van der Waals surface area contributed by atoms with Gasteiger partial charge in [0.05, 0.1) is 17.4 Å². The van der Waals surface area contributed by atoms with E-state index in [1.165, 1.54) is 12.2 Å². The quantitative estimate of drug-likeness (QED) is 0.321. The molecule has 0 N–H and O–H groups in total. The van der Waals surface area contributed by atoms with Crippen molar-refractivity contribution in [3.63, 3.8) is 0 Å². The Labute approximate surface area is 255 Å². The number of anilines is 1. The summed E-state index contributed by atoms with van der Waals surface area (Å²) in [6.07, 6.45) is 2.20. The van der Waals surface area contributed by atoms with E-state index in [4.69, 9.17) is 14.9 Å². The van der Waals surface area contributed by atoms with Gasteiger partial charge in [0.15, 0.2) is 0 Å². The average molecular weight is 606 g/mol. The maximum absolute atomic E-state index is 13.2. The fraction of sp³-hybridized carbons (Fsp3) is 0.412. The van der Waals surface area contributed by atoms with Crippen molar-refractivity contribution >= 4 is 23.2 Å². The predicted octanol–water partition coefficient (Wildman–Crippen LogP) is 6.15. The Balaban J connectivity index is 0.994. The van der Waals surface area contributed by atoms with Crippen LogP contribution in [0.1, 0.15) is 31.2 Å². The Morgan fingerprint density at radius 2 is 1.66 bits per heavy atom. The van der Waals surface area contributed by atoms with Crippen LogP contribution in [0.2, 0.25) is 0 Å². The molecule has 1 saturated heterocycles. The van der Waals surface area contributed by atoms with Gasteiger partial charge < -0.3 is 24.7 Å². The third-order valence-electron chi connectivity index (χ3n) is 8.28. The predicted molar refractivity (Wildman–Crippen MR) is 165 cm³/mol. The summed E-state index contributed by atoms with van der Waals surface area (Å²) < 4.78 is 51.5. The van der Waals surface area contributed by atoms with Gasteiger partial charge in [-0.3, -0.25) is 15.7 Å². The Hall–Kier alpha value is -4.14. The zero-order chi connectivity index (χ0) is 30.9. The highest BCUT2D eigenvalue weighted by Crippen LogP contribution is 2.33. The molecule has 3 aliphatic rings. The molecular weight excluding hydrogens is 569 g/mol. The van der Waals surface area contributed by atoms with Crippen molar-refractivity contribution < 1.29 is 27.4 Å². The van der Waals surface area contributed by atoms with Gasteiger partial charge in [-0.15, -0.1) is 0 Å². The highest BCUT2D eigenvalue weighted by atomic mass is 19.4.